The predicted octanol–water partition coefficient (Wildman–Crippen LogP) is 7.42. The molecular formula is C27H24ClNO3. The Morgan fingerprint density at radius 3 is 2.50 bits per heavy atom. The van der Waals surface area contributed by atoms with Crippen LogP contribution < -0.4 is 10.1 Å². The molecule has 4 nitrogen and oxygen atoms in total. The molecule has 0 aliphatic rings. The SMILES string of the molecule is COc1cc2occ(-c3ccc(Cl)cc3)c2cc1/C(C)=C/C(=O)Nc1ccc(C)cc1C. The van der Waals surface area contributed by atoms with Crippen molar-refractivity contribution in [1.82, 2.24) is 0 Å². The standard InChI is InChI=1S/C27H24ClNO3/c1-16-5-10-24(18(3)11-16)29-27(30)12-17(2)21-13-22-23(19-6-8-20(28)9-7-19)15-32-26(22)14-25(21)31-4/h5-15H,1-4H3,(H,29,30)/b17-12+. The number of amides is 1. The van der Waals surface area contributed by atoms with Crippen molar-refractivity contribution in [3.05, 3.63) is 88.6 Å². The zero-order valence-electron chi connectivity index (χ0n) is 18.5. The van der Waals surface area contributed by atoms with E-state index in [2.05, 4.69) is 5.32 Å². The second-order valence-corrected chi connectivity index (χ2v) is 8.28. The molecule has 0 unspecified atom stereocenters. The van der Waals surface area contributed by atoms with Gasteiger partial charge in [-0.3, -0.25) is 4.79 Å². The maximum Gasteiger partial charge on any atom is 0.248 e. The second-order valence-electron chi connectivity index (χ2n) is 7.84. The van der Waals surface area contributed by atoms with Gasteiger partial charge in [0.1, 0.15) is 11.3 Å². The largest absolute Gasteiger partial charge is 0.496 e. The minimum Gasteiger partial charge on any atom is -0.496 e. The lowest BCUT2D eigenvalue weighted by molar-refractivity contribution is -0.111. The fourth-order valence-electron chi connectivity index (χ4n) is 3.78. The number of ether oxygens (including phenoxy) is 1. The normalized spacial score (nSPS) is 11.6. The van der Waals surface area contributed by atoms with Gasteiger partial charge in [0, 0.05) is 39.4 Å². The molecule has 0 spiro atoms. The van der Waals surface area contributed by atoms with Crippen molar-refractivity contribution in [2.45, 2.75) is 20.8 Å². The first-order valence-electron chi connectivity index (χ1n) is 10.3. The van der Waals surface area contributed by atoms with Gasteiger partial charge in [0.25, 0.3) is 0 Å². The van der Waals surface area contributed by atoms with Crippen molar-refractivity contribution < 1.29 is 13.9 Å². The van der Waals surface area contributed by atoms with Crippen molar-refractivity contribution in [1.29, 1.82) is 0 Å². The number of anilines is 1. The smallest absolute Gasteiger partial charge is 0.248 e. The third-order valence-electron chi connectivity index (χ3n) is 5.46. The van der Waals surface area contributed by atoms with E-state index in [9.17, 15) is 4.79 Å². The zero-order valence-corrected chi connectivity index (χ0v) is 19.2. The van der Waals surface area contributed by atoms with Crippen LogP contribution >= 0.6 is 11.6 Å². The summed E-state index contributed by atoms with van der Waals surface area (Å²) in [4.78, 5) is 12.7. The number of halogens is 1. The number of carbonyl (C=O) groups excluding carboxylic acids is 1. The van der Waals surface area contributed by atoms with Crippen molar-refractivity contribution >= 4 is 39.7 Å². The third-order valence-corrected chi connectivity index (χ3v) is 5.72. The summed E-state index contributed by atoms with van der Waals surface area (Å²) in [5.41, 5.74) is 7.25. The molecule has 1 amide bonds. The highest BCUT2D eigenvalue weighted by Crippen LogP contribution is 2.37. The summed E-state index contributed by atoms with van der Waals surface area (Å²) in [5.74, 6) is 0.448. The summed E-state index contributed by atoms with van der Waals surface area (Å²) in [6.07, 6.45) is 3.31. The van der Waals surface area contributed by atoms with E-state index in [1.54, 1.807) is 19.4 Å². The van der Waals surface area contributed by atoms with E-state index in [0.717, 1.165) is 44.5 Å². The number of fused-ring (bicyclic) bond motifs is 1. The van der Waals surface area contributed by atoms with E-state index in [1.807, 2.05) is 75.4 Å². The molecule has 32 heavy (non-hydrogen) atoms. The first-order chi connectivity index (χ1) is 15.4. The van der Waals surface area contributed by atoms with Gasteiger partial charge in [0.15, 0.2) is 0 Å². The van der Waals surface area contributed by atoms with Crippen LogP contribution in [0.3, 0.4) is 0 Å². The van der Waals surface area contributed by atoms with Gasteiger partial charge in [-0.1, -0.05) is 41.4 Å². The van der Waals surface area contributed by atoms with Crippen LogP contribution in [0.2, 0.25) is 5.02 Å². The first kappa shape index (κ1) is 21.7. The molecule has 0 bridgehead atoms. The monoisotopic (exact) mass is 445 g/mol. The quantitative estimate of drug-likeness (QED) is 0.325. The average Bonchev–Trinajstić information content (AvgIpc) is 3.18. The summed E-state index contributed by atoms with van der Waals surface area (Å²) in [5, 5.41) is 4.58. The average molecular weight is 446 g/mol. The molecule has 1 aromatic heterocycles. The van der Waals surface area contributed by atoms with E-state index in [4.69, 9.17) is 20.8 Å². The lowest BCUT2D eigenvalue weighted by Crippen LogP contribution is -2.10. The van der Waals surface area contributed by atoms with Crippen LogP contribution in [0.5, 0.6) is 5.75 Å². The summed E-state index contributed by atoms with van der Waals surface area (Å²) >= 11 is 6.04. The lowest BCUT2D eigenvalue weighted by Gasteiger charge is -2.11. The summed E-state index contributed by atoms with van der Waals surface area (Å²) in [6.45, 7) is 5.90. The Kier molecular flexibility index (Phi) is 6.06. The molecule has 0 aliphatic heterocycles. The van der Waals surface area contributed by atoms with Crippen LogP contribution in [0.4, 0.5) is 5.69 Å². The predicted molar refractivity (Wildman–Crippen MR) is 131 cm³/mol. The van der Waals surface area contributed by atoms with Gasteiger partial charge in [0.05, 0.1) is 13.4 Å². The van der Waals surface area contributed by atoms with Crippen molar-refractivity contribution in [3.8, 4) is 16.9 Å². The maximum atomic E-state index is 12.7. The van der Waals surface area contributed by atoms with Crippen LogP contribution in [0.1, 0.15) is 23.6 Å². The molecule has 1 N–H and O–H groups in total. The molecular weight excluding hydrogens is 422 g/mol. The highest BCUT2D eigenvalue weighted by Gasteiger charge is 2.15. The number of methoxy groups -OCH3 is 1. The number of furan rings is 1. The highest BCUT2D eigenvalue weighted by molar-refractivity contribution is 6.30. The van der Waals surface area contributed by atoms with Crippen LogP contribution in [0.25, 0.3) is 27.7 Å². The Labute approximate surface area is 192 Å². The molecule has 3 aromatic carbocycles. The number of hydrogen-bond donors (Lipinski definition) is 1. The number of carbonyl (C=O) groups is 1. The Hall–Kier alpha value is -3.50. The third kappa shape index (κ3) is 4.41. The van der Waals surface area contributed by atoms with Gasteiger partial charge < -0.3 is 14.5 Å². The molecule has 4 aromatic rings. The summed E-state index contributed by atoms with van der Waals surface area (Å²) < 4.78 is 11.4. The molecule has 162 valence electrons. The van der Waals surface area contributed by atoms with Gasteiger partial charge in [-0.25, -0.2) is 0 Å². The highest BCUT2D eigenvalue weighted by atomic mass is 35.5. The van der Waals surface area contributed by atoms with Gasteiger partial charge in [0.2, 0.25) is 5.91 Å². The topological polar surface area (TPSA) is 51.5 Å². The van der Waals surface area contributed by atoms with Gasteiger partial charge in [-0.05, 0) is 61.7 Å². The van der Waals surface area contributed by atoms with E-state index >= 15 is 0 Å². The number of allylic oxidation sites excluding steroid dienone is 1. The molecule has 0 saturated carbocycles. The number of benzene rings is 3. The number of aryl methyl sites for hydroxylation is 2. The van der Waals surface area contributed by atoms with E-state index < -0.39 is 0 Å². The Bertz CT molecular complexity index is 1330. The van der Waals surface area contributed by atoms with Crippen LogP contribution in [-0.2, 0) is 4.79 Å². The lowest BCUT2D eigenvalue weighted by atomic mass is 9.99. The number of nitrogens with one attached hydrogen (secondary N) is 1. The van der Waals surface area contributed by atoms with E-state index in [1.165, 1.54) is 0 Å². The van der Waals surface area contributed by atoms with Gasteiger partial charge >= 0.3 is 0 Å². The second kappa shape index (κ2) is 8.93. The molecule has 4 rings (SSSR count). The van der Waals surface area contributed by atoms with Gasteiger partial charge in [-0.15, -0.1) is 0 Å². The Morgan fingerprint density at radius 2 is 1.81 bits per heavy atom. The molecule has 0 fully saturated rings. The van der Waals surface area contributed by atoms with Crippen LogP contribution in [0.15, 0.2) is 71.4 Å². The number of rotatable bonds is 5. The summed E-state index contributed by atoms with van der Waals surface area (Å²) in [6, 6.07) is 17.4. The van der Waals surface area contributed by atoms with Gasteiger partial charge in [-0.2, -0.15) is 0 Å². The molecule has 0 atom stereocenters. The molecule has 1 heterocycles. The fourth-order valence-corrected chi connectivity index (χ4v) is 3.91. The number of hydrogen-bond acceptors (Lipinski definition) is 3. The van der Waals surface area contributed by atoms with Crippen LogP contribution in [0, 0.1) is 13.8 Å². The molecule has 0 saturated heterocycles. The zero-order chi connectivity index (χ0) is 22.8. The molecule has 0 aliphatic carbocycles. The van der Waals surface area contributed by atoms with Crippen molar-refractivity contribution in [3.63, 3.8) is 0 Å². The van der Waals surface area contributed by atoms with Crippen LogP contribution in [-0.4, -0.2) is 13.0 Å². The van der Waals surface area contributed by atoms with E-state index in [0.29, 0.717) is 16.4 Å². The first-order valence-corrected chi connectivity index (χ1v) is 10.7. The van der Waals surface area contributed by atoms with E-state index in [-0.39, 0.29) is 5.91 Å². The fraction of sp³-hybridized carbons (Fsp3) is 0.148. The summed E-state index contributed by atoms with van der Waals surface area (Å²) in [7, 11) is 1.61. The minimum absolute atomic E-state index is 0.193. The maximum absolute atomic E-state index is 12.7. The Balaban J connectivity index is 1.70. The molecule has 5 heteroatoms. The Morgan fingerprint density at radius 1 is 1.06 bits per heavy atom. The molecule has 0 radical (unpaired) electrons. The van der Waals surface area contributed by atoms with Crippen molar-refractivity contribution in [2.24, 2.45) is 0 Å². The van der Waals surface area contributed by atoms with Crippen molar-refractivity contribution in [2.75, 3.05) is 12.4 Å². The minimum atomic E-state index is -0.193.